The van der Waals surface area contributed by atoms with E-state index in [-0.39, 0.29) is 79.1 Å². The molecule has 0 aromatic carbocycles. The van der Waals surface area contributed by atoms with E-state index in [0.717, 1.165) is 166 Å². The summed E-state index contributed by atoms with van der Waals surface area (Å²) in [5, 5.41) is 84.7. The summed E-state index contributed by atoms with van der Waals surface area (Å²) in [4.78, 5) is 23.3. The Labute approximate surface area is 544 Å². The van der Waals surface area contributed by atoms with Crippen LogP contribution in [0.3, 0.4) is 0 Å². The molecular weight excluding hydrogens is 1140 g/mol. The number of aliphatic hydroxyl groups excluding tert-OH is 8. The highest BCUT2D eigenvalue weighted by molar-refractivity contribution is 5.91. The van der Waals surface area contributed by atoms with Crippen molar-refractivity contribution >= 4 is 11.9 Å². The number of carbonyl (C=O) groups excluding carboxylic acids is 2. The van der Waals surface area contributed by atoms with Gasteiger partial charge in [0.2, 0.25) is 0 Å². The van der Waals surface area contributed by atoms with Crippen LogP contribution in [0.4, 0.5) is 0 Å². The molecule has 0 saturated carbocycles. The molecule has 0 aliphatic carbocycles. The molecule has 0 bridgehead atoms. The quantitative estimate of drug-likeness (QED) is 0.0208. The summed E-state index contributed by atoms with van der Waals surface area (Å²) in [6.45, 7) is 8.15. The minimum atomic E-state index is -0.654. The molecule has 6 aliphatic rings. The lowest BCUT2D eigenvalue weighted by molar-refractivity contribution is -0.140. The van der Waals surface area contributed by atoms with Crippen molar-refractivity contribution in [1.29, 1.82) is 0 Å². The second kappa shape index (κ2) is 46.2. The maximum Gasteiger partial charge on any atom is 0.334 e. The van der Waals surface area contributed by atoms with Gasteiger partial charge < -0.3 is 69.3 Å². The molecule has 16 nitrogen and oxygen atoms in total. The van der Waals surface area contributed by atoms with E-state index in [1.54, 1.807) is 6.08 Å². The molecule has 0 aromatic heterocycles. The van der Waals surface area contributed by atoms with Crippen LogP contribution >= 0.6 is 0 Å². The van der Waals surface area contributed by atoms with Crippen molar-refractivity contribution < 1.29 is 78.9 Å². The number of esters is 2. The number of ether oxygens (including phenoxy) is 6. The summed E-state index contributed by atoms with van der Waals surface area (Å²) in [5.41, 5.74) is 1.45. The smallest absolute Gasteiger partial charge is 0.334 e. The first-order chi connectivity index (χ1) is 43.5. The molecule has 6 heterocycles. The Morgan fingerprint density at radius 1 is 0.344 bits per heavy atom. The second-order valence-corrected chi connectivity index (χ2v) is 28.4. The van der Waals surface area contributed by atoms with Gasteiger partial charge in [-0.05, 0) is 167 Å². The summed E-state index contributed by atoms with van der Waals surface area (Å²) < 4.78 is 34.7. The van der Waals surface area contributed by atoms with Crippen LogP contribution in [-0.4, -0.2) is 163 Å². The lowest BCUT2D eigenvalue weighted by atomic mass is 9.98. The summed E-state index contributed by atoms with van der Waals surface area (Å²) in [6.07, 6.45) is 42.8. The van der Waals surface area contributed by atoms with Crippen molar-refractivity contribution in [3.8, 4) is 0 Å². The van der Waals surface area contributed by atoms with Crippen LogP contribution in [0, 0.1) is 0 Å². The van der Waals surface area contributed by atoms with Crippen LogP contribution in [-0.2, 0) is 38.0 Å². The van der Waals surface area contributed by atoms with Crippen molar-refractivity contribution in [3.63, 3.8) is 0 Å². The molecule has 18 atom stereocenters. The summed E-state index contributed by atoms with van der Waals surface area (Å²) in [5.74, 6) is -0.434. The van der Waals surface area contributed by atoms with Gasteiger partial charge in [-0.1, -0.05) is 162 Å². The van der Waals surface area contributed by atoms with E-state index in [1.807, 2.05) is 19.9 Å². The highest BCUT2D eigenvalue weighted by Crippen LogP contribution is 2.34. The molecule has 16 heteroatoms. The summed E-state index contributed by atoms with van der Waals surface area (Å²) in [7, 11) is 0. The maximum absolute atomic E-state index is 11.7. The average Bonchev–Trinajstić information content (AvgIpc) is 3.42. The van der Waals surface area contributed by atoms with Gasteiger partial charge in [-0.15, -0.1) is 0 Å². The van der Waals surface area contributed by atoms with Gasteiger partial charge in [0.1, 0.15) is 12.2 Å². The van der Waals surface area contributed by atoms with Crippen LogP contribution in [0.1, 0.15) is 323 Å². The van der Waals surface area contributed by atoms with Crippen molar-refractivity contribution in [2.24, 2.45) is 0 Å². The minimum Gasteiger partial charge on any atom is -0.455 e. The average molecular weight is 1280 g/mol. The molecule has 4 saturated heterocycles. The Hall–Kier alpha value is -2.06. The Kier molecular flexibility index (Phi) is 40.3. The number of carbonyl (C=O) groups is 2. The predicted octanol–water partition coefficient (Wildman–Crippen LogP) is 13.7. The molecule has 6 aliphatic heterocycles. The Balaban J connectivity index is 0.000000327. The van der Waals surface area contributed by atoms with E-state index in [2.05, 4.69) is 13.8 Å². The van der Waals surface area contributed by atoms with E-state index in [9.17, 15) is 50.4 Å². The summed E-state index contributed by atoms with van der Waals surface area (Å²) in [6, 6.07) is 0. The number of hydrogen-bond acceptors (Lipinski definition) is 16. The number of rotatable bonds is 50. The molecule has 0 spiro atoms. The van der Waals surface area contributed by atoms with E-state index < -0.39 is 42.7 Å². The van der Waals surface area contributed by atoms with Gasteiger partial charge in [-0.3, -0.25) is 0 Å². The Morgan fingerprint density at radius 3 is 1.08 bits per heavy atom. The fourth-order valence-corrected chi connectivity index (χ4v) is 14.6. The van der Waals surface area contributed by atoms with Crippen molar-refractivity contribution in [2.45, 2.75) is 433 Å². The number of aliphatic hydroxyl groups is 8. The van der Waals surface area contributed by atoms with Crippen molar-refractivity contribution in [1.82, 2.24) is 0 Å². The Morgan fingerprint density at radius 2 is 0.656 bits per heavy atom. The topological polar surface area (TPSA) is 251 Å². The lowest BCUT2D eigenvalue weighted by Gasteiger charge is -2.24. The first-order valence-corrected chi connectivity index (χ1v) is 37.4. The molecule has 524 valence electrons. The third-order valence-corrected chi connectivity index (χ3v) is 20.3. The SMILES string of the molecule is CCCCCCCCCC[C@H](O)[C@H]1CC[C@H]([C@H](O)CC[C@H](O)[C@@H]2CC[C@@H](CCCCCCC[C@@H](O)CC3=C[C@H](C)OC3=O)O2)O1.CCCCCC[C@@H](O)CCC[C@@H](O)[C@@H]1CC[C@@H]([C@H](O)CC[C@@H](O)[C@@H]2CC[C@@H](CCCCCCCCCC3=C[C@@H](C)OC3=O)O2)O1. The zero-order valence-electron chi connectivity index (χ0n) is 56.9. The number of cyclic esters (lactones) is 2. The van der Waals surface area contributed by atoms with E-state index in [1.165, 1.54) is 83.5 Å². The maximum atomic E-state index is 11.7. The van der Waals surface area contributed by atoms with Crippen LogP contribution in [0.15, 0.2) is 23.3 Å². The molecule has 6 rings (SSSR count). The van der Waals surface area contributed by atoms with Crippen LogP contribution < -0.4 is 0 Å². The van der Waals surface area contributed by atoms with Gasteiger partial charge in [-0.25, -0.2) is 9.59 Å². The van der Waals surface area contributed by atoms with E-state index >= 15 is 0 Å². The fourth-order valence-electron chi connectivity index (χ4n) is 14.6. The molecule has 8 N–H and O–H groups in total. The summed E-state index contributed by atoms with van der Waals surface area (Å²) >= 11 is 0. The van der Waals surface area contributed by atoms with Crippen LogP contribution in [0.25, 0.3) is 0 Å². The van der Waals surface area contributed by atoms with Gasteiger partial charge >= 0.3 is 11.9 Å². The Bertz CT molecular complexity index is 1930. The monoisotopic (exact) mass is 1280 g/mol. The molecular formula is C74H132O16. The van der Waals surface area contributed by atoms with Gasteiger partial charge in [0.25, 0.3) is 0 Å². The zero-order valence-corrected chi connectivity index (χ0v) is 56.9. The third kappa shape index (κ3) is 31.7. The van der Waals surface area contributed by atoms with Gasteiger partial charge in [0.05, 0.1) is 97.7 Å². The highest BCUT2D eigenvalue weighted by Gasteiger charge is 2.38. The largest absolute Gasteiger partial charge is 0.455 e. The fraction of sp³-hybridized carbons (Fsp3) is 0.919. The van der Waals surface area contributed by atoms with Crippen molar-refractivity contribution in [2.75, 3.05) is 0 Å². The number of unbranched alkanes of at least 4 members (excludes halogenated alkanes) is 20. The highest BCUT2D eigenvalue weighted by atomic mass is 16.6. The molecule has 4 fully saturated rings. The molecule has 0 amide bonds. The van der Waals surface area contributed by atoms with Crippen molar-refractivity contribution in [3.05, 3.63) is 23.3 Å². The normalized spacial score (nSPS) is 27.8. The molecule has 0 aromatic rings. The van der Waals surface area contributed by atoms with E-state index in [4.69, 9.17) is 28.4 Å². The second-order valence-electron chi connectivity index (χ2n) is 28.4. The van der Waals surface area contributed by atoms with Gasteiger partial charge in [0, 0.05) is 17.6 Å². The van der Waals surface area contributed by atoms with Gasteiger partial charge in [0.15, 0.2) is 0 Å². The predicted molar refractivity (Wildman–Crippen MR) is 354 cm³/mol. The third-order valence-electron chi connectivity index (χ3n) is 20.3. The lowest BCUT2D eigenvalue weighted by Crippen LogP contribution is -2.33. The standard InChI is InChI=1S/2C37H66O8/c1-3-4-5-12-16-29(38)17-14-19-31(39)35-24-25-36(45-35)33(41)22-21-32(40)34-23-20-30(44-34)18-13-10-8-6-7-9-11-15-28-26-27(2)43-37(28)42;1-3-4-5-6-7-8-12-15-18-31(39)35-23-24-36(45-35)33(41)21-20-32(40)34-22-19-30(44-34)17-14-11-9-10-13-16-29(38)26-28-25-27(2)43-37(28)42/h26-27,29-36,38-41H,3-25H2,1-2H3;25,27,29-36,38-41H,3-24,26H2,1-2H3/t27-,29-,30-,31-,32-,33-,34+,35+,36+;27-,29+,30+,31-,32-,33+,34-,35+,36+/m10/s1. The molecule has 90 heavy (non-hydrogen) atoms. The molecule has 0 unspecified atom stereocenters. The first-order valence-electron chi connectivity index (χ1n) is 37.4. The molecule has 0 radical (unpaired) electrons. The number of hydrogen-bond donors (Lipinski definition) is 8. The van der Waals surface area contributed by atoms with Crippen LogP contribution in [0.5, 0.6) is 0 Å². The first kappa shape index (κ1) is 78.6. The zero-order chi connectivity index (χ0) is 64.9. The van der Waals surface area contributed by atoms with E-state index in [0.29, 0.717) is 56.9 Å². The van der Waals surface area contributed by atoms with Crippen LogP contribution in [0.2, 0.25) is 0 Å². The van der Waals surface area contributed by atoms with Gasteiger partial charge in [-0.2, -0.15) is 0 Å². The minimum absolute atomic E-state index is 0.0675.